The van der Waals surface area contributed by atoms with E-state index in [1.807, 2.05) is 30.3 Å². The van der Waals surface area contributed by atoms with Crippen LogP contribution in [0.25, 0.3) is 0 Å². The number of aryl methyl sites for hydroxylation is 3. The van der Waals surface area contributed by atoms with Gasteiger partial charge in [-0.15, -0.1) is 5.10 Å². The van der Waals surface area contributed by atoms with Crippen LogP contribution in [0.4, 0.5) is 10.3 Å². The van der Waals surface area contributed by atoms with Crippen LogP contribution < -0.4 is 10.1 Å². The predicted octanol–water partition coefficient (Wildman–Crippen LogP) is 7.24. The molecular weight excluding hydrogens is 523 g/mol. The number of carbonyl (C=O) groups excluding carboxylic acids is 1. The van der Waals surface area contributed by atoms with Crippen molar-refractivity contribution < 1.29 is 13.9 Å². The molecule has 0 radical (unpaired) electrons. The molecule has 40 heavy (non-hydrogen) atoms. The average molecular weight is 555 g/mol. The third kappa shape index (κ3) is 5.16. The standard InChI is InChI=1S/C32H31FN4O2S/c1-19-15-21(3)24(16-20(19)2)17-39-25-13-11-22(12-14-25)30-29-27(9-6-10-28(29)38)34-31-35-32(36-37(30)31)40-18-23-7-4-5-8-26(23)33/h4-5,7-8,11-16,30H,6,9-10,17-18H2,1-3H3,(H,34,35,36). The Morgan fingerprint density at radius 1 is 1.00 bits per heavy atom. The molecule has 4 aromatic rings. The SMILES string of the molecule is Cc1cc(C)c(COc2ccc(C3C4=C(CCCC4=O)Nc4nc(SCc5ccccc5F)nn43)cc2)cc1C. The number of Topliss-reactive ketones (excluding diaryl/α,β-unsaturated/α-hetero) is 1. The number of hydrogen-bond acceptors (Lipinski definition) is 6. The van der Waals surface area contributed by atoms with Crippen molar-refractivity contribution in [2.45, 2.75) is 63.6 Å². The number of allylic oxidation sites excluding steroid dienone is 2. The number of anilines is 1. The van der Waals surface area contributed by atoms with Gasteiger partial charge in [0.05, 0.1) is 0 Å². The fourth-order valence-electron chi connectivity index (χ4n) is 5.35. The second-order valence-corrected chi connectivity index (χ2v) is 11.4. The number of aromatic nitrogens is 3. The topological polar surface area (TPSA) is 69.0 Å². The highest BCUT2D eigenvalue weighted by molar-refractivity contribution is 7.98. The van der Waals surface area contributed by atoms with Gasteiger partial charge in [-0.25, -0.2) is 9.07 Å². The van der Waals surface area contributed by atoms with Crippen molar-refractivity contribution in [3.8, 4) is 5.75 Å². The van der Waals surface area contributed by atoms with Gasteiger partial charge < -0.3 is 10.1 Å². The van der Waals surface area contributed by atoms with E-state index in [9.17, 15) is 9.18 Å². The van der Waals surface area contributed by atoms with E-state index in [4.69, 9.17) is 14.8 Å². The molecule has 2 heterocycles. The first-order valence-corrected chi connectivity index (χ1v) is 14.5. The molecule has 0 fully saturated rings. The summed E-state index contributed by atoms with van der Waals surface area (Å²) in [5.74, 6) is 1.66. The fraction of sp³-hybridized carbons (Fsp3) is 0.281. The summed E-state index contributed by atoms with van der Waals surface area (Å²) in [7, 11) is 0. The number of carbonyl (C=O) groups is 1. The van der Waals surface area contributed by atoms with Gasteiger partial charge in [-0.2, -0.15) is 4.98 Å². The number of ether oxygens (including phenoxy) is 1. The molecule has 1 aromatic heterocycles. The van der Waals surface area contributed by atoms with Gasteiger partial charge >= 0.3 is 0 Å². The molecule has 1 aliphatic heterocycles. The van der Waals surface area contributed by atoms with E-state index in [0.717, 1.165) is 35.4 Å². The number of fused-ring (bicyclic) bond motifs is 1. The van der Waals surface area contributed by atoms with Crippen LogP contribution in [0.1, 0.15) is 58.7 Å². The highest BCUT2D eigenvalue weighted by Crippen LogP contribution is 2.41. The van der Waals surface area contributed by atoms with Crippen LogP contribution in [-0.4, -0.2) is 20.5 Å². The Morgan fingerprint density at radius 2 is 1.77 bits per heavy atom. The van der Waals surface area contributed by atoms with Crippen LogP contribution in [0.3, 0.4) is 0 Å². The highest BCUT2D eigenvalue weighted by atomic mass is 32.2. The number of halogens is 1. The Kier molecular flexibility index (Phi) is 7.19. The molecule has 1 N–H and O–H groups in total. The lowest BCUT2D eigenvalue weighted by atomic mass is 9.85. The number of nitrogens with zero attached hydrogens (tertiary/aromatic N) is 3. The van der Waals surface area contributed by atoms with E-state index >= 15 is 0 Å². The molecule has 2 aliphatic rings. The Hall–Kier alpha value is -3.91. The zero-order chi connectivity index (χ0) is 27.8. The highest BCUT2D eigenvalue weighted by Gasteiger charge is 2.36. The second-order valence-electron chi connectivity index (χ2n) is 10.5. The number of rotatable bonds is 7. The van der Waals surface area contributed by atoms with Gasteiger partial charge in [0.25, 0.3) is 0 Å². The van der Waals surface area contributed by atoms with Crippen LogP contribution in [0.5, 0.6) is 5.75 Å². The van der Waals surface area contributed by atoms with Gasteiger partial charge in [0, 0.05) is 23.4 Å². The Bertz CT molecular complexity index is 1630. The number of benzene rings is 3. The summed E-state index contributed by atoms with van der Waals surface area (Å²) in [5.41, 5.74) is 8.11. The zero-order valence-electron chi connectivity index (χ0n) is 22.8. The Balaban J connectivity index is 1.26. The molecule has 0 amide bonds. The molecule has 1 aliphatic carbocycles. The lowest BCUT2D eigenvalue weighted by Crippen LogP contribution is -2.31. The molecule has 0 spiro atoms. The summed E-state index contributed by atoms with van der Waals surface area (Å²) in [6, 6.07) is 18.6. The Labute approximate surface area is 237 Å². The van der Waals surface area contributed by atoms with Crippen molar-refractivity contribution in [2.75, 3.05) is 5.32 Å². The number of nitrogens with one attached hydrogen (secondary N) is 1. The predicted molar refractivity (Wildman–Crippen MR) is 155 cm³/mol. The van der Waals surface area contributed by atoms with E-state index < -0.39 is 0 Å². The molecule has 0 saturated heterocycles. The van der Waals surface area contributed by atoms with Gasteiger partial charge in [0.15, 0.2) is 5.78 Å². The van der Waals surface area contributed by atoms with Crippen molar-refractivity contribution in [2.24, 2.45) is 0 Å². The molecule has 0 saturated carbocycles. The first-order chi connectivity index (χ1) is 19.4. The maximum atomic E-state index is 14.2. The summed E-state index contributed by atoms with van der Waals surface area (Å²) in [6.07, 6.45) is 2.12. The lowest BCUT2D eigenvalue weighted by Gasteiger charge is -2.32. The molecule has 6 rings (SSSR count). The van der Waals surface area contributed by atoms with Gasteiger partial charge in [-0.3, -0.25) is 4.79 Å². The number of ketones is 1. The second kappa shape index (κ2) is 10.9. The summed E-state index contributed by atoms with van der Waals surface area (Å²) in [4.78, 5) is 17.9. The molecule has 0 bridgehead atoms. The van der Waals surface area contributed by atoms with Gasteiger partial charge in [0.2, 0.25) is 11.1 Å². The number of thioether (sulfide) groups is 1. The molecule has 1 unspecified atom stereocenters. The van der Waals surface area contributed by atoms with Crippen LogP contribution in [-0.2, 0) is 17.2 Å². The zero-order valence-corrected chi connectivity index (χ0v) is 23.6. The van der Waals surface area contributed by atoms with Crippen molar-refractivity contribution in [1.29, 1.82) is 0 Å². The smallest absolute Gasteiger partial charge is 0.227 e. The van der Waals surface area contributed by atoms with Crippen molar-refractivity contribution in [1.82, 2.24) is 14.8 Å². The first kappa shape index (κ1) is 26.3. The maximum Gasteiger partial charge on any atom is 0.227 e. The summed E-state index contributed by atoms with van der Waals surface area (Å²) < 4.78 is 22.1. The van der Waals surface area contributed by atoms with E-state index in [2.05, 4.69) is 38.2 Å². The van der Waals surface area contributed by atoms with Crippen LogP contribution >= 0.6 is 11.8 Å². The monoisotopic (exact) mass is 554 g/mol. The summed E-state index contributed by atoms with van der Waals surface area (Å²) in [6.45, 7) is 6.83. The van der Waals surface area contributed by atoms with E-state index in [-0.39, 0.29) is 17.6 Å². The average Bonchev–Trinajstić information content (AvgIpc) is 3.36. The van der Waals surface area contributed by atoms with Crippen LogP contribution in [0.2, 0.25) is 0 Å². The fourth-order valence-corrected chi connectivity index (χ4v) is 6.16. The Morgan fingerprint density at radius 3 is 2.58 bits per heavy atom. The molecule has 8 heteroatoms. The van der Waals surface area contributed by atoms with Crippen LogP contribution in [0, 0.1) is 26.6 Å². The third-order valence-corrected chi connectivity index (χ3v) is 8.59. The van der Waals surface area contributed by atoms with E-state index in [1.165, 1.54) is 40.1 Å². The minimum Gasteiger partial charge on any atom is -0.489 e. The van der Waals surface area contributed by atoms with E-state index in [0.29, 0.717) is 35.4 Å². The van der Waals surface area contributed by atoms with Crippen molar-refractivity contribution in [3.05, 3.63) is 111 Å². The largest absolute Gasteiger partial charge is 0.489 e. The van der Waals surface area contributed by atoms with Gasteiger partial charge in [-0.05, 0) is 85.2 Å². The normalized spacial score (nSPS) is 16.4. The van der Waals surface area contributed by atoms with E-state index in [1.54, 1.807) is 16.8 Å². The minimum atomic E-state index is -0.384. The maximum absolute atomic E-state index is 14.2. The summed E-state index contributed by atoms with van der Waals surface area (Å²) >= 11 is 1.38. The molecule has 6 nitrogen and oxygen atoms in total. The number of hydrogen-bond donors (Lipinski definition) is 1. The molecular formula is C32H31FN4O2S. The third-order valence-electron chi connectivity index (χ3n) is 7.71. The van der Waals surface area contributed by atoms with Crippen molar-refractivity contribution in [3.63, 3.8) is 0 Å². The quantitative estimate of drug-likeness (QED) is 0.243. The van der Waals surface area contributed by atoms with Crippen molar-refractivity contribution >= 4 is 23.5 Å². The van der Waals surface area contributed by atoms with Crippen LogP contribution in [0.15, 0.2) is 77.1 Å². The summed E-state index contributed by atoms with van der Waals surface area (Å²) in [5, 5.41) is 8.66. The molecule has 1 atom stereocenters. The van der Waals surface area contributed by atoms with Gasteiger partial charge in [0.1, 0.15) is 24.2 Å². The minimum absolute atomic E-state index is 0.131. The molecule has 204 valence electrons. The molecule has 3 aromatic carbocycles. The first-order valence-electron chi connectivity index (χ1n) is 13.5. The van der Waals surface area contributed by atoms with Gasteiger partial charge in [-0.1, -0.05) is 54.2 Å². The lowest BCUT2D eigenvalue weighted by molar-refractivity contribution is -0.116.